The molecule has 0 radical (unpaired) electrons. The van der Waals surface area contributed by atoms with Gasteiger partial charge in [-0.05, 0) is 83.1 Å². The molecule has 1 rings (SSSR count). The predicted molar refractivity (Wildman–Crippen MR) is 151 cm³/mol. The first-order valence-corrected chi connectivity index (χ1v) is 14.5. The summed E-state index contributed by atoms with van der Waals surface area (Å²) in [6.45, 7) is 13.5. The molecular weight excluding hydrogens is 506 g/mol. The lowest BCUT2D eigenvalue weighted by molar-refractivity contribution is -0.144. The predicted octanol–water partition coefficient (Wildman–Crippen LogP) is 4.30. The Bertz CT molecular complexity index is 947. The van der Waals surface area contributed by atoms with Gasteiger partial charge in [-0.25, -0.2) is 4.79 Å². The second kappa shape index (κ2) is 16.3. The van der Waals surface area contributed by atoms with Gasteiger partial charge in [-0.2, -0.15) is 11.8 Å². The molecule has 214 valence electrons. The number of alkyl carbamates (subject to hydrolysis) is 1. The lowest BCUT2D eigenvalue weighted by Crippen LogP contribution is -2.53. The Balaban J connectivity index is 3.37. The van der Waals surface area contributed by atoms with Crippen LogP contribution < -0.4 is 10.6 Å². The van der Waals surface area contributed by atoms with Crippen LogP contribution in [0.2, 0.25) is 0 Å². The lowest BCUT2D eigenvalue weighted by Gasteiger charge is -2.34. The van der Waals surface area contributed by atoms with Crippen LogP contribution in [0.4, 0.5) is 4.79 Å². The first kappa shape index (κ1) is 33.3. The van der Waals surface area contributed by atoms with Gasteiger partial charge in [0, 0.05) is 13.1 Å². The number of amides is 3. The largest absolute Gasteiger partial charge is 0.466 e. The molecule has 1 aromatic rings. The van der Waals surface area contributed by atoms with Crippen molar-refractivity contribution in [2.75, 3.05) is 31.7 Å². The minimum atomic E-state index is -0.943. The third kappa shape index (κ3) is 11.3. The minimum Gasteiger partial charge on any atom is -0.466 e. The highest BCUT2D eigenvalue weighted by atomic mass is 32.2. The van der Waals surface area contributed by atoms with Crippen LogP contribution in [0.25, 0.3) is 0 Å². The van der Waals surface area contributed by atoms with E-state index in [0.29, 0.717) is 30.7 Å². The average molecular weight is 552 g/mol. The second-order valence-corrected chi connectivity index (χ2v) is 11.1. The van der Waals surface area contributed by atoms with Gasteiger partial charge in [0.15, 0.2) is 0 Å². The molecule has 2 atom stereocenters. The van der Waals surface area contributed by atoms with Crippen molar-refractivity contribution in [3.8, 4) is 0 Å². The van der Waals surface area contributed by atoms with Crippen LogP contribution in [0.15, 0.2) is 18.2 Å². The molecule has 0 saturated heterocycles. The molecule has 9 nitrogen and oxygen atoms in total. The van der Waals surface area contributed by atoms with Crippen molar-refractivity contribution in [1.82, 2.24) is 15.5 Å². The summed E-state index contributed by atoms with van der Waals surface area (Å²) >= 11 is 1.56. The van der Waals surface area contributed by atoms with E-state index in [0.717, 1.165) is 11.1 Å². The standard InChI is InChI=1S/C28H45N3O6S/c1-9-16-31(26(34)22(14-17-38-8)30-27(35)37-28(5,6)7)24(21-12-11-19(3)20(4)18-21)25(33)29-15-13-23(32)36-10-2/h11-12,18,22,24H,9-10,13-17H2,1-8H3,(H,29,33)(H,30,35). The fourth-order valence-electron chi connectivity index (χ4n) is 3.78. The van der Waals surface area contributed by atoms with Gasteiger partial charge < -0.3 is 25.0 Å². The molecule has 0 aliphatic carbocycles. The van der Waals surface area contributed by atoms with Crippen LogP contribution in [0.1, 0.15) is 76.6 Å². The van der Waals surface area contributed by atoms with Crippen molar-refractivity contribution < 1.29 is 28.7 Å². The summed E-state index contributed by atoms with van der Waals surface area (Å²) in [4.78, 5) is 53.5. The Morgan fingerprint density at radius 1 is 1.08 bits per heavy atom. The van der Waals surface area contributed by atoms with E-state index in [-0.39, 0.29) is 25.5 Å². The summed E-state index contributed by atoms with van der Waals surface area (Å²) in [7, 11) is 0. The maximum atomic E-state index is 14.0. The number of carbonyl (C=O) groups excluding carboxylic acids is 4. The van der Waals surface area contributed by atoms with Crippen molar-refractivity contribution in [2.45, 2.75) is 85.4 Å². The van der Waals surface area contributed by atoms with Crippen LogP contribution in [0, 0.1) is 13.8 Å². The Hall–Kier alpha value is -2.75. The van der Waals surface area contributed by atoms with Crippen LogP contribution in [0.3, 0.4) is 0 Å². The van der Waals surface area contributed by atoms with Gasteiger partial charge in [-0.15, -0.1) is 0 Å². The molecule has 0 aliphatic rings. The van der Waals surface area contributed by atoms with Gasteiger partial charge >= 0.3 is 12.1 Å². The van der Waals surface area contributed by atoms with Crippen molar-refractivity contribution in [1.29, 1.82) is 0 Å². The van der Waals surface area contributed by atoms with E-state index in [1.807, 2.05) is 45.2 Å². The minimum absolute atomic E-state index is 0.0253. The van der Waals surface area contributed by atoms with Gasteiger partial charge in [0.25, 0.3) is 0 Å². The fourth-order valence-corrected chi connectivity index (χ4v) is 4.25. The van der Waals surface area contributed by atoms with E-state index in [2.05, 4.69) is 10.6 Å². The zero-order valence-corrected chi connectivity index (χ0v) is 25.0. The third-order valence-corrected chi connectivity index (χ3v) is 6.33. The Kier molecular flexibility index (Phi) is 14.2. The number of thioether (sulfide) groups is 1. The number of aryl methyl sites for hydroxylation is 2. The van der Waals surface area contributed by atoms with Crippen LogP contribution >= 0.6 is 11.8 Å². The summed E-state index contributed by atoms with van der Waals surface area (Å²) in [5, 5.41) is 5.53. The van der Waals surface area contributed by atoms with Gasteiger partial charge in [-0.3, -0.25) is 14.4 Å². The molecule has 0 saturated carbocycles. The Morgan fingerprint density at radius 3 is 2.32 bits per heavy atom. The summed E-state index contributed by atoms with van der Waals surface area (Å²) in [6.07, 6.45) is 2.25. The molecule has 0 fully saturated rings. The van der Waals surface area contributed by atoms with E-state index >= 15 is 0 Å². The molecule has 0 aromatic heterocycles. The molecule has 2 N–H and O–H groups in total. The Labute approximate surface area is 231 Å². The Morgan fingerprint density at radius 2 is 1.76 bits per heavy atom. The van der Waals surface area contributed by atoms with Crippen molar-refractivity contribution in [3.63, 3.8) is 0 Å². The van der Waals surface area contributed by atoms with Crippen LogP contribution in [-0.2, 0) is 23.9 Å². The maximum absolute atomic E-state index is 14.0. The number of rotatable bonds is 14. The van der Waals surface area contributed by atoms with Crippen LogP contribution in [0.5, 0.6) is 0 Å². The molecular formula is C28H45N3O6S. The quantitative estimate of drug-likeness (QED) is 0.331. The summed E-state index contributed by atoms with van der Waals surface area (Å²) in [5.74, 6) is -0.543. The number of hydrogen-bond donors (Lipinski definition) is 2. The van der Waals surface area contributed by atoms with E-state index in [1.54, 1.807) is 39.5 Å². The van der Waals surface area contributed by atoms with E-state index < -0.39 is 35.7 Å². The van der Waals surface area contributed by atoms with Crippen molar-refractivity contribution in [2.24, 2.45) is 0 Å². The topological polar surface area (TPSA) is 114 Å². The van der Waals surface area contributed by atoms with Gasteiger partial charge in [0.2, 0.25) is 11.8 Å². The number of benzene rings is 1. The summed E-state index contributed by atoms with van der Waals surface area (Å²) < 4.78 is 10.4. The molecule has 10 heteroatoms. The monoisotopic (exact) mass is 551 g/mol. The highest BCUT2D eigenvalue weighted by molar-refractivity contribution is 7.98. The first-order valence-electron chi connectivity index (χ1n) is 13.1. The zero-order valence-electron chi connectivity index (χ0n) is 24.1. The van der Waals surface area contributed by atoms with Crippen molar-refractivity contribution >= 4 is 35.6 Å². The SMILES string of the molecule is CCCN(C(=O)C(CCSC)NC(=O)OC(C)(C)C)C(C(=O)NCCC(=O)OCC)c1ccc(C)c(C)c1. The summed E-state index contributed by atoms with van der Waals surface area (Å²) in [6, 6.07) is 3.85. The number of nitrogens with one attached hydrogen (secondary N) is 2. The maximum Gasteiger partial charge on any atom is 0.408 e. The molecule has 0 spiro atoms. The van der Waals surface area contributed by atoms with E-state index in [1.165, 1.54) is 4.90 Å². The summed E-state index contributed by atoms with van der Waals surface area (Å²) in [5.41, 5.74) is 1.99. The van der Waals surface area contributed by atoms with Crippen molar-refractivity contribution in [3.05, 3.63) is 34.9 Å². The fraction of sp³-hybridized carbons (Fsp3) is 0.643. The molecule has 1 aromatic carbocycles. The molecule has 0 heterocycles. The third-order valence-electron chi connectivity index (χ3n) is 5.69. The molecule has 38 heavy (non-hydrogen) atoms. The smallest absolute Gasteiger partial charge is 0.408 e. The highest BCUT2D eigenvalue weighted by Crippen LogP contribution is 2.26. The number of ether oxygens (including phenoxy) is 2. The molecule has 0 bridgehead atoms. The second-order valence-electron chi connectivity index (χ2n) is 10.1. The zero-order chi connectivity index (χ0) is 28.9. The molecule has 0 aliphatic heterocycles. The van der Waals surface area contributed by atoms with Gasteiger partial charge in [-0.1, -0.05) is 25.1 Å². The van der Waals surface area contributed by atoms with Crippen LogP contribution in [-0.4, -0.2) is 72.1 Å². The molecule has 3 amide bonds. The van der Waals surface area contributed by atoms with Gasteiger partial charge in [0.1, 0.15) is 17.7 Å². The highest BCUT2D eigenvalue weighted by Gasteiger charge is 2.36. The number of hydrogen-bond acceptors (Lipinski definition) is 7. The number of esters is 1. The number of nitrogens with zero attached hydrogens (tertiary/aromatic N) is 1. The van der Waals surface area contributed by atoms with E-state index in [9.17, 15) is 19.2 Å². The lowest BCUT2D eigenvalue weighted by atomic mass is 9.98. The normalized spacial score (nSPS) is 12.7. The average Bonchev–Trinajstić information content (AvgIpc) is 2.82. The number of carbonyl (C=O) groups is 4. The first-order chi connectivity index (χ1) is 17.8. The van der Waals surface area contributed by atoms with E-state index in [4.69, 9.17) is 9.47 Å². The molecule has 2 unspecified atom stereocenters. The van der Waals surface area contributed by atoms with Gasteiger partial charge in [0.05, 0.1) is 13.0 Å².